The van der Waals surface area contributed by atoms with Crippen LogP contribution >= 0.6 is 0 Å². The molecule has 0 fully saturated rings. The van der Waals surface area contributed by atoms with E-state index in [1.165, 1.54) is 12.1 Å². The van der Waals surface area contributed by atoms with E-state index in [0.717, 1.165) is 9.87 Å². The van der Waals surface area contributed by atoms with Gasteiger partial charge in [0.25, 0.3) is 15.9 Å². The highest BCUT2D eigenvalue weighted by atomic mass is 32.2. The van der Waals surface area contributed by atoms with Gasteiger partial charge in [-0.2, -0.15) is 4.57 Å². The van der Waals surface area contributed by atoms with Gasteiger partial charge < -0.3 is 15.0 Å². The Morgan fingerprint density at radius 1 is 0.792 bits per heavy atom. The number of benzene rings is 3. The Morgan fingerprint density at radius 3 is 1.98 bits per heavy atom. The fourth-order valence-electron chi connectivity index (χ4n) is 5.56. The third-order valence-corrected chi connectivity index (χ3v) is 10.5. The molecule has 1 aromatic heterocycles. The van der Waals surface area contributed by atoms with Crippen LogP contribution in [0.2, 0.25) is 0 Å². The number of unbranched alkanes of at least 4 members (excludes halogenated alkanes) is 2. The summed E-state index contributed by atoms with van der Waals surface area (Å²) in [6.07, 6.45) is 1.85. The summed E-state index contributed by atoms with van der Waals surface area (Å²) in [6, 6.07) is 19.9. The molecule has 256 valence electrons. The summed E-state index contributed by atoms with van der Waals surface area (Å²) in [5, 5.41) is 12.4. The second kappa shape index (κ2) is 16.1. The Bertz CT molecular complexity index is 1960. The van der Waals surface area contributed by atoms with Crippen molar-refractivity contribution in [3.8, 4) is 0 Å². The van der Waals surface area contributed by atoms with Crippen molar-refractivity contribution in [2.24, 2.45) is 0 Å². The molecule has 4 rings (SSSR count). The lowest BCUT2D eigenvalue weighted by Gasteiger charge is -2.24. The Morgan fingerprint density at radius 2 is 1.40 bits per heavy atom. The third-order valence-electron chi connectivity index (χ3n) is 7.91. The van der Waals surface area contributed by atoms with Gasteiger partial charge in [0.05, 0.1) is 31.3 Å². The minimum Gasteiger partial charge on any atom is -0.748 e. The van der Waals surface area contributed by atoms with Gasteiger partial charge in [0.15, 0.2) is 6.54 Å². The molecule has 14 heteroatoms. The summed E-state index contributed by atoms with van der Waals surface area (Å²) in [5.41, 5.74) is 2.08. The zero-order valence-electron chi connectivity index (χ0n) is 26.6. The van der Waals surface area contributed by atoms with Crippen LogP contribution in [0.5, 0.6) is 0 Å². The molecule has 0 aliphatic carbocycles. The number of carbonyl (C=O) groups is 3. The highest BCUT2D eigenvalue weighted by Gasteiger charge is 2.34. The van der Waals surface area contributed by atoms with Crippen molar-refractivity contribution in [2.45, 2.75) is 63.3 Å². The number of amides is 2. The number of nitrogens with one attached hydrogen (secondary N) is 1. The normalized spacial score (nSPS) is 11.9. The summed E-state index contributed by atoms with van der Waals surface area (Å²) < 4.78 is 64.8. The number of aromatic nitrogens is 1. The lowest BCUT2D eigenvalue weighted by Crippen LogP contribution is -2.41. The topological polar surface area (TPSA) is 182 Å². The average molecular weight is 698 g/mol. The number of carbonyl (C=O) groups excluding carboxylic acids is 2. The van der Waals surface area contributed by atoms with Gasteiger partial charge >= 0.3 is 5.97 Å². The number of hydrogen-bond acceptors (Lipinski definition) is 8. The van der Waals surface area contributed by atoms with Crippen molar-refractivity contribution in [1.29, 1.82) is 0 Å². The van der Waals surface area contributed by atoms with Crippen LogP contribution in [-0.2, 0) is 36.3 Å². The minimum atomic E-state index is -4.45. The van der Waals surface area contributed by atoms with Gasteiger partial charge in [-0.1, -0.05) is 48.4 Å². The van der Waals surface area contributed by atoms with E-state index in [9.17, 15) is 35.8 Å². The number of sulfonamides is 1. The number of rotatable bonds is 17. The number of aliphatic carboxylic acids is 1. The Hall–Kier alpha value is -4.40. The zero-order chi connectivity index (χ0) is 34.9. The summed E-state index contributed by atoms with van der Waals surface area (Å²) in [4.78, 5) is 37.8. The van der Waals surface area contributed by atoms with E-state index in [4.69, 9.17) is 5.11 Å². The lowest BCUT2D eigenvalue weighted by atomic mass is 10.0. The standard InChI is InChI=1S/C34H39N3O9S2/c1-25-17-19-26(20-18-25)48(45,46)37(23-9-15-31(38)35-21-8-2-3-16-32(39)40)34(41)33-27-11-4-6-13-29(27)36(22-10-24-47(42,43)44)30-14-7-5-12-28(30)33/h4-7,11-14,17-20H,2-3,8-10,15-16,21-24H2,1H3,(H2-,35,38,39,40,42,43,44). The molecule has 0 aliphatic heterocycles. The molecule has 0 spiro atoms. The van der Waals surface area contributed by atoms with Crippen molar-refractivity contribution < 1.29 is 45.4 Å². The largest absolute Gasteiger partial charge is 0.748 e. The van der Waals surface area contributed by atoms with Gasteiger partial charge in [-0.15, -0.1) is 0 Å². The highest BCUT2D eigenvalue weighted by molar-refractivity contribution is 7.89. The SMILES string of the molecule is Cc1ccc(S(=O)(=O)N(CCCC(=O)NCCCCCC(=O)O)C(=O)c2c3ccccc3[n+](CCCS(=O)(=O)[O-])c3ccccc23)cc1. The number of nitrogens with zero attached hydrogens (tertiary/aromatic N) is 2. The fraction of sp³-hybridized carbons (Fsp3) is 0.353. The van der Waals surface area contributed by atoms with Crippen molar-refractivity contribution in [3.05, 3.63) is 83.9 Å². The molecule has 0 saturated carbocycles. The van der Waals surface area contributed by atoms with Gasteiger partial charge in [-0.05, 0) is 50.5 Å². The van der Waals surface area contributed by atoms with Gasteiger partial charge in [0.1, 0.15) is 0 Å². The molecule has 4 aromatic rings. The van der Waals surface area contributed by atoms with Crippen LogP contribution in [-0.4, -0.2) is 67.4 Å². The number of fused-ring (bicyclic) bond motifs is 2. The second-order valence-corrected chi connectivity index (χ2v) is 14.9. The maximum Gasteiger partial charge on any atom is 0.303 e. The number of aryl methyl sites for hydroxylation is 2. The van der Waals surface area contributed by atoms with Crippen molar-refractivity contribution in [1.82, 2.24) is 9.62 Å². The van der Waals surface area contributed by atoms with E-state index in [1.54, 1.807) is 60.7 Å². The molecule has 2 amide bonds. The van der Waals surface area contributed by atoms with Crippen LogP contribution in [0.4, 0.5) is 0 Å². The van der Waals surface area contributed by atoms with E-state index in [0.29, 0.717) is 47.6 Å². The molecule has 3 aromatic carbocycles. The predicted octanol–water partition coefficient (Wildman–Crippen LogP) is 3.90. The van der Waals surface area contributed by atoms with Crippen LogP contribution in [0.15, 0.2) is 77.7 Å². The number of hydrogen-bond donors (Lipinski definition) is 2. The second-order valence-electron chi connectivity index (χ2n) is 11.5. The van der Waals surface area contributed by atoms with Gasteiger partial charge in [0, 0.05) is 50.2 Å². The maximum absolute atomic E-state index is 14.6. The lowest BCUT2D eigenvalue weighted by molar-refractivity contribution is -0.645. The highest BCUT2D eigenvalue weighted by Crippen LogP contribution is 2.29. The van der Waals surface area contributed by atoms with Crippen LogP contribution in [0.1, 0.15) is 60.9 Å². The molecule has 2 N–H and O–H groups in total. The van der Waals surface area contributed by atoms with Crippen LogP contribution in [0.25, 0.3) is 21.8 Å². The molecular formula is C34H39N3O9S2. The molecule has 0 unspecified atom stereocenters. The average Bonchev–Trinajstić information content (AvgIpc) is 3.03. The summed E-state index contributed by atoms with van der Waals surface area (Å²) in [5.74, 6) is -2.53. The molecule has 0 saturated heterocycles. The molecule has 48 heavy (non-hydrogen) atoms. The van der Waals surface area contributed by atoms with E-state index in [2.05, 4.69) is 5.32 Å². The predicted molar refractivity (Wildman–Crippen MR) is 179 cm³/mol. The summed E-state index contributed by atoms with van der Waals surface area (Å²) in [7, 11) is -8.82. The first-order valence-electron chi connectivity index (χ1n) is 15.7. The molecule has 1 heterocycles. The summed E-state index contributed by atoms with van der Waals surface area (Å²) in [6.45, 7) is 2.05. The molecular weight excluding hydrogens is 659 g/mol. The molecule has 0 aliphatic rings. The number of carboxylic acid groups (broad SMARTS) is 1. The van der Waals surface area contributed by atoms with E-state index < -0.39 is 37.8 Å². The van der Waals surface area contributed by atoms with Crippen LogP contribution in [0.3, 0.4) is 0 Å². The monoisotopic (exact) mass is 697 g/mol. The Kier molecular flexibility index (Phi) is 12.2. The molecule has 12 nitrogen and oxygen atoms in total. The van der Waals surface area contributed by atoms with E-state index in [1.807, 2.05) is 11.5 Å². The van der Waals surface area contributed by atoms with Crippen molar-refractivity contribution >= 4 is 59.7 Å². The first-order chi connectivity index (χ1) is 22.8. The first-order valence-corrected chi connectivity index (χ1v) is 18.7. The molecule has 0 atom stereocenters. The Balaban J connectivity index is 1.68. The van der Waals surface area contributed by atoms with E-state index >= 15 is 0 Å². The maximum atomic E-state index is 14.6. The Labute approximate surface area is 280 Å². The van der Waals surface area contributed by atoms with Crippen LogP contribution in [0, 0.1) is 6.92 Å². The quantitative estimate of drug-likeness (QED) is 0.0716. The van der Waals surface area contributed by atoms with Crippen molar-refractivity contribution in [2.75, 3.05) is 18.8 Å². The first kappa shape index (κ1) is 36.4. The van der Waals surface area contributed by atoms with Gasteiger partial charge in [-0.3, -0.25) is 14.4 Å². The summed E-state index contributed by atoms with van der Waals surface area (Å²) >= 11 is 0. The van der Waals surface area contributed by atoms with Crippen LogP contribution < -0.4 is 9.88 Å². The van der Waals surface area contributed by atoms with Gasteiger partial charge in [-0.25, -0.2) is 21.1 Å². The smallest absolute Gasteiger partial charge is 0.303 e. The minimum absolute atomic E-state index is 0.0378. The van der Waals surface area contributed by atoms with Gasteiger partial charge in [0.2, 0.25) is 16.9 Å². The third kappa shape index (κ3) is 9.36. The molecule has 0 radical (unpaired) electrons. The number of para-hydroxylation sites is 2. The van der Waals surface area contributed by atoms with Crippen molar-refractivity contribution in [3.63, 3.8) is 0 Å². The molecule has 0 bridgehead atoms. The fourth-order valence-corrected chi connectivity index (χ4v) is 7.45. The van der Waals surface area contributed by atoms with E-state index in [-0.39, 0.29) is 55.1 Å². The zero-order valence-corrected chi connectivity index (χ0v) is 28.3. The number of carboxylic acids is 1. The number of pyridine rings is 1.